The zero-order chi connectivity index (χ0) is 17.2. The number of aryl methyl sites for hydroxylation is 2. The van der Waals surface area contributed by atoms with Crippen molar-refractivity contribution in [3.8, 4) is 0 Å². The summed E-state index contributed by atoms with van der Waals surface area (Å²) < 4.78 is 16.7. The molecule has 0 radical (unpaired) electrons. The van der Waals surface area contributed by atoms with Crippen LogP contribution in [0.15, 0.2) is 10.4 Å². The Balaban J connectivity index is 1.41. The van der Waals surface area contributed by atoms with E-state index in [-0.39, 0.29) is 17.7 Å². The van der Waals surface area contributed by atoms with E-state index >= 15 is 0 Å². The minimum Gasteiger partial charge on any atom is -0.272 e. The van der Waals surface area contributed by atoms with E-state index in [1.165, 1.54) is 40.7 Å². The molecule has 2 bridgehead atoms. The first kappa shape index (κ1) is 16.0. The number of amides is 1. The van der Waals surface area contributed by atoms with Gasteiger partial charge in [0.25, 0.3) is 5.91 Å². The van der Waals surface area contributed by atoms with Crippen molar-refractivity contribution in [1.82, 2.24) is 0 Å². The van der Waals surface area contributed by atoms with Crippen LogP contribution in [0.1, 0.15) is 59.9 Å². The van der Waals surface area contributed by atoms with Crippen LogP contribution in [-0.4, -0.2) is 15.9 Å². The average molecular weight is 359 g/mol. The van der Waals surface area contributed by atoms with Crippen LogP contribution in [-0.2, 0) is 46.8 Å². The summed E-state index contributed by atoms with van der Waals surface area (Å²) in [6.07, 6.45) is 10.4. The number of benzene rings is 1. The fourth-order valence-corrected chi connectivity index (χ4v) is 7.51. The predicted molar refractivity (Wildman–Crippen MR) is 98.6 cm³/mol. The smallest absolute Gasteiger partial charge is 0.259 e. The van der Waals surface area contributed by atoms with E-state index in [4.69, 9.17) is 5.14 Å². The molecule has 25 heavy (non-hydrogen) atoms. The fraction of sp³-hybridized carbons (Fsp3) is 0.650. The Morgan fingerprint density at radius 2 is 1.72 bits per heavy atom. The van der Waals surface area contributed by atoms with Gasteiger partial charge in [-0.15, -0.1) is 4.36 Å². The van der Waals surface area contributed by atoms with Crippen molar-refractivity contribution in [2.24, 2.45) is 20.8 Å². The van der Waals surface area contributed by atoms with Crippen LogP contribution in [0.5, 0.6) is 0 Å². The fourth-order valence-electron chi connectivity index (χ4n) is 5.81. The van der Waals surface area contributed by atoms with Crippen molar-refractivity contribution in [2.75, 3.05) is 5.75 Å². The second-order valence-electron chi connectivity index (χ2n) is 8.81. The van der Waals surface area contributed by atoms with Gasteiger partial charge in [-0.1, -0.05) is 6.07 Å². The van der Waals surface area contributed by atoms with E-state index in [9.17, 15) is 9.00 Å². The van der Waals surface area contributed by atoms with Crippen LogP contribution in [0.25, 0.3) is 0 Å². The van der Waals surface area contributed by atoms with Gasteiger partial charge in [-0.05, 0) is 96.9 Å². The molecule has 1 unspecified atom stereocenters. The summed E-state index contributed by atoms with van der Waals surface area (Å²) >= 11 is 0. The molecule has 5 aliphatic carbocycles. The number of fused-ring (bicyclic) bond motifs is 2. The van der Waals surface area contributed by atoms with Gasteiger partial charge in [-0.2, -0.15) is 0 Å². The number of hydrogen-bond acceptors (Lipinski definition) is 2. The molecule has 0 heterocycles. The van der Waals surface area contributed by atoms with E-state index in [0.717, 1.165) is 50.9 Å². The van der Waals surface area contributed by atoms with Crippen molar-refractivity contribution in [1.29, 1.82) is 0 Å². The third-order valence-corrected chi connectivity index (χ3v) is 8.40. The maximum atomic E-state index is 12.7. The molecule has 6 rings (SSSR count). The first-order valence-electron chi connectivity index (χ1n) is 9.64. The molecule has 4 nitrogen and oxygen atoms in total. The Hall–Kier alpha value is -1.20. The summed E-state index contributed by atoms with van der Waals surface area (Å²) in [5.74, 6) is 0.946. The van der Waals surface area contributed by atoms with Gasteiger partial charge in [0.1, 0.15) is 9.92 Å². The summed E-state index contributed by atoms with van der Waals surface area (Å²) in [6.45, 7) is 0. The first-order valence-corrected chi connectivity index (χ1v) is 11.4. The summed E-state index contributed by atoms with van der Waals surface area (Å²) in [4.78, 5) is 12.6. The number of carbonyl (C=O) groups excluding carboxylic acids is 1. The van der Waals surface area contributed by atoms with E-state index in [1.54, 1.807) is 0 Å². The van der Waals surface area contributed by atoms with Crippen molar-refractivity contribution in [3.05, 3.63) is 33.9 Å². The molecule has 5 aliphatic rings. The van der Waals surface area contributed by atoms with Gasteiger partial charge >= 0.3 is 0 Å². The van der Waals surface area contributed by atoms with E-state index in [2.05, 4.69) is 10.4 Å². The molecule has 1 amide bonds. The molecule has 3 fully saturated rings. The topological polar surface area (TPSA) is 72.5 Å². The van der Waals surface area contributed by atoms with E-state index in [1.807, 2.05) is 0 Å². The average Bonchev–Trinajstić information content (AvgIpc) is 3.09. The Kier molecular flexibility index (Phi) is 3.46. The third kappa shape index (κ3) is 2.67. The molecule has 5 heteroatoms. The molecule has 0 saturated heterocycles. The molecular weight excluding hydrogens is 332 g/mol. The Labute approximate surface area is 149 Å². The zero-order valence-corrected chi connectivity index (χ0v) is 15.5. The van der Waals surface area contributed by atoms with Crippen molar-refractivity contribution >= 4 is 15.8 Å². The molecule has 0 aliphatic heterocycles. The van der Waals surface area contributed by atoms with Crippen molar-refractivity contribution in [3.63, 3.8) is 0 Å². The lowest BCUT2D eigenvalue weighted by Gasteiger charge is -2.61. The Bertz CT molecular complexity index is 846. The SMILES string of the molecule is NS(=O)(CC12CC(C1)C2)=NC(=O)Cc1c2c(cc3c1CCC3)CCC2. The lowest BCUT2D eigenvalue weighted by Crippen LogP contribution is -2.56. The van der Waals surface area contributed by atoms with Gasteiger partial charge in [0.2, 0.25) is 0 Å². The minimum atomic E-state index is -2.88. The summed E-state index contributed by atoms with van der Waals surface area (Å²) in [6, 6.07) is 2.37. The summed E-state index contributed by atoms with van der Waals surface area (Å²) in [5.41, 5.74) is 6.92. The number of nitrogens with two attached hydrogens (primary N) is 1. The molecule has 134 valence electrons. The maximum absolute atomic E-state index is 12.7. The molecular formula is C20H26N2O2S. The summed E-state index contributed by atoms with van der Waals surface area (Å²) in [7, 11) is -2.88. The molecule has 2 N–H and O–H groups in total. The highest BCUT2D eigenvalue weighted by Crippen LogP contribution is 2.64. The predicted octanol–water partition coefficient (Wildman–Crippen LogP) is 2.87. The van der Waals surface area contributed by atoms with Gasteiger partial charge in [0, 0.05) is 0 Å². The highest BCUT2D eigenvalue weighted by molar-refractivity contribution is 7.91. The highest BCUT2D eigenvalue weighted by atomic mass is 32.2. The molecule has 1 aromatic carbocycles. The number of nitrogens with zero attached hydrogens (tertiary/aromatic N) is 1. The van der Waals surface area contributed by atoms with Crippen molar-refractivity contribution < 1.29 is 9.00 Å². The van der Waals surface area contributed by atoms with Crippen LogP contribution in [0.3, 0.4) is 0 Å². The molecule has 3 saturated carbocycles. The molecule has 1 atom stereocenters. The zero-order valence-electron chi connectivity index (χ0n) is 14.7. The highest BCUT2D eigenvalue weighted by Gasteiger charge is 2.57. The first-order chi connectivity index (χ1) is 11.9. The number of rotatable bonds is 4. The van der Waals surface area contributed by atoms with Crippen LogP contribution in [0.4, 0.5) is 0 Å². The largest absolute Gasteiger partial charge is 0.272 e. The quantitative estimate of drug-likeness (QED) is 0.899. The van der Waals surface area contributed by atoms with Crippen LogP contribution in [0, 0.1) is 11.3 Å². The van der Waals surface area contributed by atoms with Gasteiger partial charge in [-0.25, -0.2) is 9.35 Å². The van der Waals surface area contributed by atoms with Crippen LogP contribution in [0.2, 0.25) is 0 Å². The monoisotopic (exact) mass is 358 g/mol. The Morgan fingerprint density at radius 1 is 1.12 bits per heavy atom. The van der Waals surface area contributed by atoms with E-state index in [0.29, 0.717) is 5.75 Å². The Morgan fingerprint density at radius 3 is 2.24 bits per heavy atom. The molecule has 0 spiro atoms. The third-order valence-electron chi connectivity index (χ3n) is 6.86. The normalized spacial score (nSPS) is 30.7. The van der Waals surface area contributed by atoms with Gasteiger partial charge < -0.3 is 0 Å². The van der Waals surface area contributed by atoms with Gasteiger partial charge in [0.15, 0.2) is 0 Å². The number of carbonyl (C=O) groups is 1. The molecule has 1 aromatic rings. The van der Waals surface area contributed by atoms with Crippen molar-refractivity contribution in [2.45, 2.75) is 64.2 Å². The standard InChI is InChI=1S/C20H26N2O2S/c21-25(24,12-20-9-13(10-20)11-20)22-19(23)8-18-16-5-1-3-14(16)7-15-4-2-6-17(15)18/h7,13H,1-6,8-12H2,(H2,21,22,23,24). The van der Waals surface area contributed by atoms with Gasteiger partial charge in [-0.3, -0.25) is 4.79 Å². The minimum absolute atomic E-state index is 0.148. The van der Waals surface area contributed by atoms with E-state index < -0.39 is 9.92 Å². The van der Waals surface area contributed by atoms with Crippen LogP contribution < -0.4 is 5.14 Å². The summed E-state index contributed by atoms with van der Waals surface area (Å²) in [5, 5.41) is 5.96. The second-order valence-corrected chi connectivity index (χ2v) is 10.7. The lowest BCUT2D eigenvalue weighted by molar-refractivity contribution is -0.117. The lowest BCUT2D eigenvalue weighted by atomic mass is 9.45. The van der Waals surface area contributed by atoms with Gasteiger partial charge in [0.05, 0.1) is 12.2 Å². The second kappa shape index (κ2) is 5.40. The maximum Gasteiger partial charge on any atom is 0.259 e. The molecule has 0 aromatic heterocycles. The number of hydrogen-bond donors (Lipinski definition) is 1. The van der Waals surface area contributed by atoms with Crippen LogP contribution >= 0.6 is 0 Å².